The summed E-state index contributed by atoms with van der Waals surface area (Å²) in [6.07, 6.45) is 1.40. The van der Waals surface area contributed by atoms with Gasteiger partial charge < -0.3 is 9.84 Å². The van der Waals surface area contributed by atoms with Gasteiger partial charge in [0.1, 0.15) is 0 Å². The second-order valence-corrected chi connectivity index (χ2v) is 4.86. The number of hydrogen-bond donors (Lipinski definition) is 1. The van der Waals surface area contributed by atoms with Crippen LogP contribution in [0.3, 0.4) is 0 Å². The van der Waals surface area contributed by atoms with E-state index in [1.807, 2.05) is 13.8 Å². The Labute approximate surface area is 78.1 Å². The molecule has 0 radical (unpaired) electrons. The summed E-state index contributed by atoms with van der Waals surface area (Å²) < 4.78 is 4.89. The van der Waals surface area contributed by atoms with Crippen LogP contribution in [-0.4, -0.2) is 23.8 Å². The largest absolute Gasteiger partial charge is 0.465 e. The van der Waals surface area contributed by atoms with Crippen molar-refractivity contribution in [3.63, 3.8) is 0 Å². The van der Waals surface area contributed by atoms with E-state index in [9.17, 15) is 9.90 Å². The van der Waals surface area contributed by atoms with E-state index in [2.05, 4.69) is 0 Å². The number of aliphatic hydroxyl groups is 1. The van der Waals surface area contributed by atoms with Crippen molar-refractivity contribution < 1.29 is 14.6 Å². The third-order valence-electron chi connectivity index (χ3n) is 3.46. The molecule has 0 bridgehead atoms. The zero-order valence-corrected chi connectivity index (χ0v) is 8.12. The van der Waals surface area contributed by atoms with E-state index in [0.29, 0.717) is 6.61 Å². The van der Waals surface area contributed by atoms with Gasteiger partial charge in [0.25, 0.3) is 0 Å². The molecule has 0 amide bonds. The second kappa shape index (κ2) is 2.71. The van der Waals surface area contributed by atoms with Gasteiger partial charge in [-0.05, 0) is 24.2 Å². The quantitative estimate of drug-likeness (QED) is 0.617. The predicted octanol–water partition coefficient (Wildman–Crippen LogP) is 0.956. The van der Waals surface area contributed by atoms with Crippen LogP contribution in [0.1, 0.15) is 26.7 Å². The predicted molar refractivity (Wildman–Crippen MR) is 47.0 cm³/mol. The zero-order chi connectivity index (χ0) is 9.64. The summed E-state index contributed by atoms with van der Waals surface area (Å²) in [6.45, 7) is 4.61. The molecule has 1 saturated heterocycles. The van der Waals surface area contributed by atoms with Gasteiger partial charge in [-0.1, -0.05) is 13.8 Å². The lowest BCUT2D eigenvalue weighted by molar-refractivity contribution is -0.156. The highest BCUT2D eigenvalue weighted by Gasteiger charge is 2.52. The molecule has 0 aromatic carbocycles. The van der Waals surface area contributed by atoms with E-state index in [1.165, 1.54) is 0 Å². The summed E-state index contributed by atoms with van der Waals surface area (Å²) in [5, 5.41) is 9.81. The lowest BCUT2D eigenvalue weighted by Crippen LogP contribution is -2.52. The van der Waals surface area contributed by atoms with Crippen LogP contribution in [0.2, 0.25) is 0 Å². The van der Waals surface area contributed by atoms with E-state index >= 15 is 0 Å². The molecule has 2 aliphatic rings. The van der Waals surface area contributed by atoms with Crippen LogP contribution < -0.4 is 0 Å². The molecule has 2 rings (SSSR count). The van der Waals surface area contributed by atoms with Crippen molar-refractivity contribution in [2.24, 2.45) is 17.3 Å². The zero-order valence-electron chi connectivity index (χ0n) is 8.12. The Morgan fingerprint density at radius 2 is 2.23 bits per heavy atom. The Morgan fingerprint density at radius 1 is 1.54 bits per heavy atom. The maximum atomic E-state index is 11.2. The number of hydrogen-bond acceptors (Lipinski definition) is 3. The van der Waals surface area contributed by atoms with Gasteiger partial charge >= 0.3 is 5.97 Å². The van der Waals surface area contributed by atoms with Gasteiger partial charge in [-0.25, -0.2) is 0 Å². The molecule has 0 aromatic rings. The number of cyclic esters (lactones) is 1. The van der Waals surface area contributed by atoms with Crippen molar-refractivity contribution in [1.29, 1.82) is 0 Å². The maximum Gasteiger partial charge on any atom is 0.309 e. The van der Waals surface area contributed by atoms with Crippen LogP contribution in [0, 0.1) is 17.3 Å². The molecule has 0 aromatic heterocycles. The standard InChI is InChI=1S/C10H16O3/c1-10(2)5-7(8(10)11)6-3-4-13-9(6)12/h6-8,11H,3-5H2,1-2H3/t6?,7-,8-/m1/s1. The number of carbonyl (C=O) groups is 1. The van der Waals surface area contributed by atoms with E-state index in [1.54, 1.807) is 0 Å². The minimum Gasteiger partial charge on any atom is -0.465 e. The molecule has 74 valence electrons. The van der Waals surface area contributed by atoms with Gasteiger partial charge in [-0.15, -0.1) is 0 Å². The highest BCUT2D eigenvalue weighted by Crippen LogP contribution is 2.50. The molecule has 13 heavy (non-hydrogen) atoms. The molecule has 3 heteroatoms. The monoisotopic (exact) mass is 184 g/mol. The van der Waals surface area contributed by atoms with E-state index in [-0.39, 0.29) is 29.3 Å². The molecular formula is C10H16O3. The van der Waals surface area contributed by atoms with Gasteiger partial charge in [0.05, 0.1) is 18.6 Å². The van der Waals surface area contributed by atoms with Crippen molar-refractivity contribution in [3.8, 4) is 0 Å². The lowest BCUT2D eigenvalue weighted by atomic mass is 9.57. The van der Waals surface area contributed by atoms with Gasteiger partial charge in [0.15, 0.2) is 0 Å². The average molecular weight is 184 g/mol. The lowest BCUT2D eigenvalue weighted by Gasteiger charge is -2.49. The van der Waals surface area contributed by atoms with Crippen molar-refractivity contribution in [1.82, 2.24) is 0 Å². The van der Waals surface area contributed by atoms with Crippen LogP contribution in [0.25, 0.3) is 0 Å². The Morgan fingerprint density at radius 3 is 2.62 bits per heavy atom. The highest BCUT2D eigenvalue weighted by atomic mass is 16.5. The molecule has 3 nitrogen and oxygen atoms in total. The summed E-state index contributed by atoms with van der Waals surface area (Å²) in [6, 6.07) is 0. The maximum absolute atomic E-state index is 11.2. The van der Waals surface area contributed by atoms with Crippen LogP contribution in [-0.2, 0) is 9.53 Å². The van der Waals surface area contributed by atoms with E-state index in [4.69, 9.17) is 4.74 Å². The third kappa shape index (κ3) is 1.26. The van der Waals surface area contributed by atoms with Crippen LogP contribution >= 0.6 is 0 Å². The molecule has 1 aliphatic carbocycles. The first-order chi connectivity index (χ1) is 6.02. The number of rotatable bonds is 1. The van der Waals surface area contributed by atoms with Crippen LogP contribution in [0.5, 0.6) is 0 Å². The molecule has 0 spiro atoms. The summed E-state index contributed by atoms with van der Waals surface area (Å²) in [4.78, 5) is 11.2. The van der Waals surface area contributed by atoms with Crippen molar-refractivity contribution in [2.45, 2.75) is 32.8 Å². The third-order valence-corrected chi connectivity index (χ3v) is 3.46. The first-order valence-corrected chi connectivity index (χ1v) is 4.87. The second-order valence-electron chi connectivity index (χ2n) is 4.86. The summed E-state index contributed by atoms with van der Waals surface area (Å²) in [5.74, 6) is -0.00688. The Bertz CT molecular complexity index is 234. The summed E-state index contributed by atoms with van der Waals surface area (Å²) >= 11 is 0. The normalized spacial score (nSPS) is 42.7. The van der Waals surface area contributed by atoms with Gasteiger partial charge in [-0.2, -0.15) is 0 Å². The van der Waals surface area contributed by atoms with E-state index < -0.39 is 0 Å². The van der Waals surface area contributed by atoms with Crippen LogP contribution in [0.15, 0.2) is 0 Å². The first-order valence-electron chi connectivity index (χ1n) is 4.87. The summed E-state index contributed by atoms with van der Waals surface area (Å²) in [7, 11) is 0. The average Bonchev–Trinajstić information content (AvgIpc) is 2.47. The fraction of sp³-hybridized carbons (Fsp3) is 0.900. The molecular weight excluding hydrogens is 168 g/mol. The number of carbonyl (C=O) groups excluding carboxylic acids is 1. The molecule has 1 aliphatic heterocycles. The minimum atomic E-state index is -0.330. The highest BCUT2D eigenvalue weighted by molar-refractivity contribution is 5.74. The van der Waals surface area contributed by atoms with Gasteiger partial charge in [-0.3, -0.25) is 4.79 Å². The molecule has 2 fully saturated rings. The fourth-order valence-electron chi connectivity index (χ4n) is 2.52. The topological polar surface area (TPSA) is 46.5 Å². The van der Waals surface area contributed by atoms with Crippen molar-refractivity contribution in [2.75, 3.05) is 6.61 Å². The molecule has 1 unspecified atom stereocenters. The SMILES string of the molecule is CC1(C)C[C@H](C2CCOC2=O)[C@H]1O. The smallest absolute Gasteiger partial charge is 0.309 e. The molecule has 1 saturated carbocycles. The minimum absolute atomic E-state index is 0.00641. The Kier molecular flexibility index (Phi) is 1.88. The van der Waals surface area contributed by atoms with Crippen molar-refractivity contribution in [3.05, 3.63) is 0 Å². The van der Waals surface area contributed by atoms with E-state index in [0.717, 1.165) is 12.8 Å². The summed E-state index contributed by atoms with van der Waals surface area (Å²) in [5.41, 5.74) is -0.00641. The first kappa shape index (κ1) is 9.00. The Balaban J connectivity index is 2.01. The van der Waals surface area contributed by atoms with Crippen LogP contribution in [0.4, 0.5) is 0 Å². The number of ether oxygens (including phenoxy) is 1. The van der Waals surface area contributed by atoms with Gasteiger partial charge in [0.2, 0.25) is 0 Å². The molecule has 1 N–H and O–H groups in total. The van der Waals surface area contributed by atoms with Gasteiger partial charge in [0, 0.05) is 0 Å². The molecule has 3 atom stereocenters. The Hall–Kier alpha value is -0.570. The molecule has 1 heterocycles. The fourth-order valence-corrected chi connectivity index (χ4v) is 2.52. The van der Waals surface area contributed by atoms with Crippen molar-refractivity contribution >= 4 is 5.97 Å². The number of esters is 1. The number of aliphatic hydroxyl groups excluding tert-OH is 1.